The lowest BCUT2D eigenvalue weighted by atomic mass is 10.0. The third kappa shape index (κ3) is 2.29. The van der Waals surface area contributed by atoms with E-state index in [9.17, 15) is 23.1 Å². The molecular weight excluding hydrogens is 273 g/mol. The summed E-state index contributed by atoms with van der Waals surface area (Å²) >= 11 is 0. The molecule has 2 rings (SSSR count). The number of aliphatic hydroxyl groups is 1. The predicted molar refractivity (Wildman–Crippen MR) is 66.0 cm³/mol. The Bertz CT molecular complexity index is 542. The van der Waals surface area contributed by atoms with E-state index in [0.717, 1.165) is 0 Å². The average Bonchev–Trinajstić information content (AvgIpc) is 2.77. The zero-order valence-electron chi connectivity index (χ0n) is 10.7. The minimum atomic E-state index is -4.97. The molecule has 1 aromatic carbocycles. The summed E-state index contributed by atoms with van der Waals surface area (Å²) in [5.41, 5.74) is -3.10. The molecule has 1 N–H and O–H groups in total. The lowest BCUT2D eigenvalue weighted by molar-refractivity contribution is -0.297. The number of hydrogen-bond donors (Lipinski definition) is 1. The molecule has 1 atom stereocenters. The second kappa shape index (κ2) is 4.90. The molecule has 108 valence electrons. The van der Waals surface area contributed by atoms with Crippen LogP contribution in [0, 0.1) is 0 Å². The molecule has 0 saturated carbocycles. The molecule has 4 nitrogen and oxygen atoms in total. The van der Waals surface area contributed by atoms with E-state index in [0.29, 0.717) is 0 Å². The van der Waals surface area contributed by atoms with Gasteiger partial charge in [0.25, 0.3) is 11.6 Å². The van der Waals surface area contributed by atoms with E-state index < -0.39 is 24.2 Å². The highest BCUT2D eigenvalue weighted by Crippen LogP contribution is 2.41. The van der Waals surface area contributed by atoms with Gasteiger partial charge in [-0.3, -0.25) is 4.79 Å². The van der Waals surface area contributed by atoms with E-state index in [1.165, 1.54) is 24.3 Å². The summed E-state index contributed by atoms with van der Waals surface area (Å²) in [5.74, 6) is -0.978. The van der Waals surface area contributed by atoms with Crippen LogP contribution >= 0.6 is 0 Å². The molecule has 0 spiro atoms. The fourth-order valence-electron chi connectivity index (χ4n) is 1.95. The van der Waals surface area contributed by atoms with Gasteiger partial charge in [-0.15, -0.1) is 0 Å². The molecule has 0 fully saturated rings. The molecule has 0 radical (unpaired) electrons. The molecule has 7 heteroatoms. The van der Waals surface area contributed by atoms with Crippen LogP contribution in [0.1, 0.15) is 30.1 Å². The van der Waals surface area contributed by atoms with Crippen molar-refractivity contribution in [3.8, 4) is 0 Å². The quantitative estimate of drug-likeness (QED) is 0.908. The minimum Gasteiger partial charge on any atom is -0.362 e. The lowest BCUT2D eigenvalue weighted by Gasteiger charge is -2.32. The molecule has 0 saturated heterocycles. The Morgan fingerprint density at radius 3 is 2.50 bits per heavy atom. The number of nitrogens with zero attached hydrogens (tertiary/aromatic N) is 2. The van der Waals surface area contributed by atoms with Gasteiger partial charge in [-0.1, -0.05) is 25.1 Å². The number of carbonyl (C=O) groups is 1. The fourth-order valence-corrected chi connectivity index (χ4v) is 1.95. The highest BCUT2D eigenvalue weighted by atomic mass is 19.4. The maximum Gasteiger partial charge on any atom is 0.438 e. The first-order chi connectivity index (χ1) is 9.29. The molecular formula is C13H13F3N2O2. The second-order valence-electron chi connectivity index (χ2n) is 4.49. The molecule has 1 heterocycles. The van der Waals surface area contributed by atoms with E-state index in [1.54, 1.807) is 13.0 Å². The number of alkyl halides is 3. The van der Waals surface area contributed by atoms with Crippen molar-refractivity contribution in [3.05, 3.63) is 35.9 Å². The Hall–Kier alpha value is -1.89. The summed E-state index contributed by atoms with van der Waals surface area (Å²) in [6, 6.07) is 7.44. The summed E-state index contributed by atoms with van der Waals surface area (Å²) in [6.45, 7) is 1.62. The summed E-state index contributed by atoms with van der Waals surface area (Å²) in [4.78, 5) is 12.1. The topological polar surface area (TPSA) is 52.9 Å². The Kier molecular flexibility index (Phi) is 3.56. The summed E-state index contributed by atoms with van der Waals surface area (Å²) in [7, 11) is 0. The van der Waals surface area contributed by atoms with Gasteiger partial charge in [-0.2, -0.15) is 23.3 Å². The van der Waals surface area contributed by atoms with Crippen molar-refractivity contribution < 1.29 is 23.1 Å². The first-order valence-corrected chi connectivity index (χ1v) is 6.04. The number of carbonyl (C=O) groups excluding carboxylic acids is 1. The number of halogens is 3. The van der Waals surface area contributed by atoms with Crippen LogP contribution in [0.2, 0.25) is 0 Å². The van der Waals surface area contributed by atoms with Crippen molar-refractivity contribution in [2.75, 3.05) is 0 Å². The Labute approximate surface area is 113 Å². The largest absolute Gasteiger partial charge is 0.438 e. The molecule has 0 aliphatic carbocycles. The van der Waals surface area contributed by atoms with Gasteiger partial charge < -0.3 is 5.11 Å². The van der Waals surface area contributed by atoms with E-state index in [4.69, 9.17) is 0 Å². The molecule has 1 aliphatic heterocycles. The first kappa shape index (κ1) is 14.5. The molecule has 0 bridgehead atoms. The lowest BCUT2D eigenvalue weighted by Crippen LogP contribution is -2.56. The van der Waals surface area contributed by atoms with Gasteiger partial charge >= 0.3 is 6.18 Å². The summed E-state index contributed by atoms with van der Waals surface area (Å²) in [5, 5.41) is 13.7. The van der Waals surface area contributed by atoms with Gasteiger partial charge in [-0.05, 0) is 18.6 Å². The van der Waals surface area contributed by atoms with E-state index in [2.05, 4.69) is 5.10 Å². The van der Waals surface area contributed by atoms with Crippen molar-refractivity contribution in [2.45, 2.75) is 31.7 Å². The van der Waals surface area contributed by atoms with Gasteiger partial charge in [0, 0.05) is 17.7 Å². The smallest absolute Gasteiger partial charge is 0.362 e. The van der Waals surface area contributed by atoms with Gasteiger partial charge in [0.2, 0.25) is 0 Å². The van der Waals surface area contributed by atoms with Crippen LogP contribution in [0.4, 0.5) is 13.2 Å². The van der Waals surface area contributed by atoms with Gasteiger partial charge in [-0.25, -0.2) is 0 Å². The third-order valence-electron chi connectivity index (χ3n) is 3.12. The highest BCUT2D eigenvalue weighted by Gasteiger charge is 2.63. The minimum absolute atomic E-state index is 0.0382. The summed E-state index contributed by atoms with van der Waals surface area (Å²) in [6.07, 6.45) is -5.46. The van der Waals surface area contributed by atoms with Crippen LogP contribution in [0.3, 0.4) is 0 Å². The Balaban J connectivity index is 2.41. The molecule has 1 aliphatic rings. The Morgan fingerprint density at radius 2 is 2.00 bits per heavy atom. The van der Waals surface area contributed by atoms with Crippen LogP contribution in [-0.2, 0) is 0 Å². The monoisotopic (exact) mass is 286 g/mol. The molecule has 1 amide bonds. The van der Waals surface area contributed by atoms with Crippen molar-refractivity contribution in [1.29, 1.82) is 0 Å². The number of rotatable bonds is 2. The van der Waals surface area contributed by atoms with E-state index in [1.807, 2.05) is 0 Å². The first-order valence-electron chi connectivity index (χ1n) is 6.04. The second-order valence-corrected chi connectivity index (χ2v) is 4.49. The molecule has 1 aromatic rings. The van der Waals surface area contributed by atoms with Gasteiger partial charge in [0.1, 0.15) is 0 Å². The Morgan fingerprint density at radius 1 is 1.40 bits per heavy atom. The number of hydrazone groups is 1. The highest BCUT2D eigenvalue weighted by molar-refractivity contribution is 5.98. The van der Waals surface area contributed by atoms with Crippen LogP contribution in [0.15, 0.2) is 35.4 Å². The average molecular weight is 286 g/mol. The van der Waals surface area contributed by atoms with Crippen LogP contribution < -0.4 is 0 Å². The maximum absolute atomic E-state index is 13.1. The third-order valence-corrected chi connectivity index (χ3v) is 3.12. The van der Waals surface area contributed by atoms with Crippen LogP contribution in [0.25, 0.3) is 0 Å². The SMILES string of the molecule is CCC1=NN(C(=O)c2ccccc2)[C@@](O)(C(F)(F)F)C1. The van der Waals surface area contributed by atoms with Crippen molar-refractivity contribution in [2.24, 2.45) is 5.10 Å². The maximum atomic E-state index is 13.1. The molecule has 0 aromatic heterocycles. The van der Waals surface area contributed by atoms with E-state index >= 15 is 0 Å². The van der Waals surface area contributed by atoms with Gasteiger partial charge in [0.15, 0.2) is 0 Å². The standard InChI is InChI=1S/C13H13F3N2O2/c1-2-10-8-12(20,13(14,15)16)18(17-10)11(19)9-6-4-3-5-7-9/h3-7,20H,2,8H2,1H3/t12-/m0/s1. The van der Waals surface area contributed by atoms with Crippen molar-refractivity contribution >= 4 is 11.6 Å². The fraction of sp³-hybridized carbons (Fsp3) is 0.385. The number of amides is 1. The molecule has 20 heavy (non-hydrogen) atoms. The van der Waals surface area contributed by atoms with Crippen molar-refractivity contribution in [3.63, 3.8) is 0 Å². The van der Waals surface area contributed by atoms with Crippen LogP contribution in [0.5, 0.6) is 0 Å². The predicted octanol–water partition coefficient (Wildman–Crippen LogP) is 2.55. The zero-order valence-corrected chi connectivity index (χ0v) is 10.7. The van der Waals surface area contributed by atoms with E-state index in [-0.39, 0.29) is 22.7 Å². The zero-order chi connectivity index (χ0) is 15.0. The number of benzene rings is 1. The molecule has 0 unspecified atom stereocenters. The normalized spacial score (nSPS) is 22.9. The summed E-state index contributed by atoms with van der Waals surface area (Å²) < 4.78 is 39.2. The van der Waals surface area contributed by atoms with Crippen molar-refractivity contribution in [1.82, 2.24) is 5.01 Å². The van der Waals surface area contributed by atoms with Gasteiger partial charge in [0.05, 0.1) is 0 Å². The van der Waals surface area contributed by atoms with Crippen LogP contribution in [-0.4, -0.2) is 33.6 Å². The number of hydrogen-bond acceptors (Lipinski definition) is 3.